The molecule has 2 amide bonds. The van der Waals surface area contributed by atoms with Crippen molar-refractivity contribution in [3.8, 4) is 0 Å². The Morgan fingerprint density at radius 1 is 1.44 bits per heavy atom. The smallest absolute Gasteiger partial charge is 0.315 e. The Labute approximate surface area is 53.8 Å². The van der Waals surface area contributed by atoms with E-state index in [1.165, 1.54) is 12.8 Å². The molecule has 0 bridgehead atoms. The van der Waals surface area contributed by atoms with Crippen LogP contribution in [0, 0.1) is 5.92 Å². The SMILES string of the molecule is O=C1NC[C@H](C2CC2)N1. The van der Waals surface area contributed by atoms with Crippen LogP contribution in [0.15, 0.2) is 0 Å². The van der Waals surface area contributed by atoms with Crippen molar-refractivity contribution in [2.45, 2.75) is 18.9 Å². The molecule has 0 aromatic rings. The minimum Gasteiger partial charge on any atom is -0.336 e. The van der Waals surface area contributed by atoms with Gasteiger partial charge in [-0.25, -0.2) is 4.79 Å². The molecule has 2 rings (SSSR count). The van der Waals surface area contributed by atoms with Gasteiger partial charge >= 0.3 is 6.03 Å². The van der Waals surface area contributed by atoms with Crippen molar-refractivity contribution in [2.75, 3.05) is 6.54 Å². The van der Waals surface area contributed by atoms with E-state index in [4.69, 9.17) is 0 Å². The molecule has 1 saturated heterocycles. The highest BCUT2D eigenvalue weighted by molar-refractivity contribution is 5.76. The predicted molar refractivity (Wildman–Crippen MR) is 33.0 cm³/mol. The summed E-state index contributed by atoms with van der Waals surface area (Å²) in [5.74, 6) is 0.781. The number of carbonyl (C=O) groups is 1. The predicted octanol–water partition coefficient (Wildman–Crippen LogP) is 0.0778. The quantitative estimate of drug-likeness (QED) is 0.513. The van der Waals surface area contributed by atoms with Gasteiger partial charge in [-0.2, -0.15) is 0 Å². The molecule has 1 aliphatic heterocycles. The van der Waals surface area contributed by atoms with E-state index in [1.807, 2.05) is 0 Å². The molecule has 1 heterocycles. The molecule has 0 unspecified atom stereocenters. The molecule has 0 aromatic heterocycles. The van der Waals surface area contributed by atoms with Gasteiger partial charge in [0.25, 0.3) is 0 Å². The third-order valence-corrected chi connectivity index (χ3v) is 1.99. The highest BCUT2D eigenvalue weighted by Gasteiger charge is 2.35. The maximum Gasteiger partial charge on any atom is 0.315 e. The molecule has 2 fully saturated rings. The summed E-state index contributed by atoms with van der Waals surface area (Å²) in [6.45, 7) is 0.837. The monoisotopic (exact) mass is 126 g/mol. The van der Waals surface area contributed by atoms with Crippen LogP contribution in [0.1, 0.15) is 12.8 Å². The molecule has 0 aromatic carbocycles. The van der Waals surface area contributed by atoms with E-state index in [-0.39, 0.29) is 6.03 Å². The van der Waals surface area contributed by atoms with Gasteiger partial charge in [0.15, 0.2) is 0 Å². The zero-order chi connectivity index (χ0) is 6.27. The molecule has 0 radical (unpaired) electrons. The van der Waals surface area contributed by atoms with Crippen LogP contribution < -0.4 is 10.6 Å². The number of hydrogen-bond acceptors (Lipinski definition) is 1. The van der Waals surface area contributed by atoms with E-state index < -0.39 is 0 Å². The summed E-state index contributed by atoms with van der Waals surface area (Å²) < 4.78 is 0. The maximum atomic E-state index is 10.6. The number of urea groups is 1. The van der Waals surface area contributed by atoms with Crippen LogP contribution >= 0.6 is 0 Å². The van der Waals surface area contributed by atoms with Crippen LogP contribution in [0.5, 0.6) is 0 Å². The molecule has 2 N–H and O–H groups in total. The summed E-state index contributed by atoms with van der Waals surface area (Å²) in [4.78, 5) is 10.6. The zero-order valence-corrected chi connectivity index (χ0v) is 5.18. The van der Waals surface area contributed by atoms with Gasteiger partial charge in [-0.05, 0) is 18.8 Å². The van der Waals surface area contributed by atoms with Gasteiger partial charge in [0, 0.05) is 6.54 Å². The van der Waals surface area contributed by atoms with Gasteiger partial charge in [0.2, 0.25) is 0 Å². The maximum absolute atomic E-state index is 10.6. The number of nitrogens with one attached hydrogen (secondary N) is 2. The first kappa shape index (κ1) is 5.09. The molecule has 1 saturated carbocycles. The van der Waals surface area contributed by atoms with Gasteiger partial charge in [0.05, 0.1) is 6.04 Å². The fourth-order valence-electron chi connectivity index (χ4n) is 1.26. The highest BCUT2D eigenvalue weighted by Crippen LogP contribution is 2.33. The van der Waals surface area contributed by atoms with Crippen LogP contribution in [-0.2, 0) is 0 Å². The van der Waals surface area contributed by atoms with Crippen molar-refractivity contribution < 1.29 is 4.79 Å². The van der Waals surface area contributed by atoms with Crippen LogP contribution in [-0.4, -0.2) is 18.6 Å². The van der Waals surface area contributed by atoms with Crippen molar-refractivity contribution in [1.29, 1.82) is 0 Å². The van der Waals surface area contributed by atoms with Crippen molar-refractivity contribution in [2.24, 2.45) is 5.92 Å². The minimum absolute atomic E-state index is 0.00639. The highest BCUT2D eigenvalue weighted by atomic mass is 16.2. The van der Waals surface area contributed by atoms with E-state index in [2.05, 4.69) is 10.6 Å². The summed E-state index contributed by atoms with van der Waals surface area (Å²) in [7, 11) is 0. The molecule has 3 nitrogen and oxygen atoms in total. The Morgan fingerprint density at radius 2 is 2.22 bits per heavy atom. The first-order chi connectivity index (χ1) is 4.36. The Hall–Kier alpha value is -0.730. The average molecular weight is 126 g/mol. The Morgan fingerprint density at radius 3 is 2.67 bits per heavy atom. The van der Waals surface area contributed by atoms with E-state index in [0.29, 0.717) is 6.04 Å². The average Bonchev–Trinajstić information content (AvgIpc) is 2.58. The van der Waals surface area contributed by atoms with Crippen LogP contribution in [0.2, 0.25) is 0 Å². The van der Waals surface area contributed by atoms with Gasteiger partial charge in [0.1, 0.15) is 0 Å². The largest absolute Gasteiger partial charge is 0.336 e. The van der Waals surface area contributed by atoms with Crippen LogP contribution in [0.25, 0.3) is 0 Å². The number of rotatable bonds is 1. The van der Waals surface area contributed by atoms with Crippen LogP contribution in [0.4, 0.5) is 4.79 Å². The lowest BCUT2D eigenvalue weighted by atomic mass is 10.2. The fourth-order valence-corrected chi connectivity index (χ4v) is 1.26. The first-order valence-electron chi connectivity index (χ1n) is 3.40. The third kappa shape index (κ3) is 0.866. The van der Waals surface area contributed by atoms with E-state index in [9.17, 15) is 4.79 Å². The summed E-state index contributed by atoms with van der Waals surface area (Å²) in [6, 6.07) is 0.449. The van der Waals surface area contributed by atoms with Gasteiger partial charge in [-0.1, -0.05) is 0 Å². The van der Waals surface area contributed by atoms with Crippen LogP contribution in [0.3, 0.4) is 0 Å². The summed E-state index contributed by atoms with van der Waals surface area (Å²) in [6.07, 6.45) is 2.60. The Kier molecular flexibility index (Phi) is 0.917. The van der Waals surface area contributed by atoms with Gasteiger partial charge in [-0.3, -0.25) is 0 Å². The summed E-state index contributed by atoms with van der Waals surface area (Å²) in [5, 5.41) is 5.61. The second-order valence-corrected chi connectivity index (χ2v) is 2.80. The minimum atomic E-state index is 0.00639. The molecular formula is C6H10N2O. The first-order valence-corrected chi connectivity index (χ1v) is 3.40. The molecule has 9 heavy (non-hydrogen) atoms. The standard InChI is InChI=1S/C6H10N2O/c9-6-7-3-5(8-6)4-1-2-4/h4-5H,1-3H2,(H2,7,8,9)/t5-/m1/s1. The van der Waals surface area contributed by atoms with Crippen molar-refractivity contribution in [3.63, 3.8) is 0 Å². The molecular weight excluding hydrogens is 116 g/mol. The third-order valence-electron chi connectivity index (χ3n) is 1.99. The number of hydrogen-bond donors (Lipinski definition) is 2. The molecule has 3 heteroatoms. The Balaban J connectivity index is 1.92. The number of carbonyl (C=O) groups excluding carboxylic acids is 1. The van der Waals surface area contributed by atoms with Crippen molar-refractivity contribution >= 4 is 6.03 Å². The van der Waals surface area contributed by atoms with E-state index in [1.54, 1.807) is 0 Å². The molecule has 1 aliphatic carbocycles. The fraction of sp³-hybridized carbons (Fsp3) is 0.833. The second kappa shape index (κ2) is 1.62. The van der Waals surface area contributed by atoms with E-state index >= 15 is 0 Å². The second-order valence-electron chi connectivity index (χ2n) is 2.80. The molecule has 0 spiro atoms. The normalized spacial score (nSPS) is 33.8. The number of amides is 2. The van der Waals surface area contributed by atoms with E-state index in [0.717, 1.165) is 12.5 Å². The van der Waals surface area contributed by atoms with Crippen molar-refractivity contribution in [3.05, 3.63) is 0 Å². The van der Waals surface area contributed by atoms with Crippen molar-refractivity contribution in [1.82, 2.24) is 10.6 Å². The lowest BCUT2D eigenvalue weighted by Crippen LogP contribution is -2.28. The lowest BCUT2D eigenvalue weighted by molar-refractivity contribution is 0.247. The lowest BCUT2D eigenvalue weighted by Gasteiger charge is -2.02. The van der Waals surface area contributed by atoms with Gasteiger partial charge in [-0.15, -0.1) is 0 Å². The van der Waals surface area contributed by atoms with Gasteiger partial charge < -0.3 is 10.6 Å². The Bertz CT molecular complexity index is 142. The zero-order valence-electron chi connectivity index (χ0n) is 5.18. The summed E-state index contributed by atoms with van der Waals surface area (Å²) in [5.41, 5.74) is 0. The molecule has 50 valence electrons. The summed E-state index contributed by atoms with van der Waals surface area (Å²) >= 11 is 0. The topological polar surface area (TPSA) is 41.1 Å². The molecule has 1 atom stereocenters. The molecule has 2 aliphatic rings.